The number of ether oxygens (including phenoxy) is 1. The molecule has 2 atom stereocenters. The van der Waals surface area contributed by atoms with Crippen molar-refractivity contribution in [3.63, 3.8) is 0 Å². The van der Waals surface area contributed by atoms with Crippen molar-refractivity contribution in [2.75, 3.05) is 6.61 Å². The molecule has 0 aromatic rings. The largest absolute Gasteiger partial charge is 0.389 e. The lowest BCUT2D eigenvalue weighted by Crippen LogP contribution is -2.29. The summed E-state index contributed by atoms with van der Waals surface area (Å²) in [6.07, 6.45) is 3.02. The Hall–Kier alpha value is -0.590. The van der Waals surface area contributed by atoms with Gasteiger partial charge >= 0.3 is 0 Å². The molecule has 0 saturated carbocycles. The zero-order valence-corrected chi connectivity index (χ0v) is 7.42. The Labute approximate surface area is 73.0 Å². The number of rotatable bonds is 3. The van der Waals surface area contributed by atoms with Crippen LogP contribution in [0.2, 0.25) is 0 Å². The predicted octanol–water partition coefficient (Wildman–Crippen LogP) is 1.22. The molecule has 68 valence electrons. The van der Waals surface area contributed by atoms with Crippen molar-refractivity contribution in [3.8, 4) is 6.07 Å². The first-order chi connectivity index (χ1) is 5.64. The van der Waals surface area contributed by atoms with Crippen LogP contribution in [-0.4, -0.2) is 23.4 Å². The molecule has 0 bridgehead atoms. The van der Waals surface area contributed by atoms with Crippen LogP contribution in [0.1, 0.15) is 32.6 Å². The van der Waals surface area contributed by atoms with Gasteiger partial charge in [0.05, 0.1) is 24.2 Å². The number of nitrogens with zero attached hydrogens (tertiary/aromatic N) is 1. The maximum absolute atomic E-state index is 9.67. The average molecular weight is 169 g/mol. The van der Waals surface area contributed by atoms with E-state index in [9.17, 15) is 5.11 Å². The molecule has 12 heavy (non-hydrogen) atoms. The van der Waals surface area contributed by atoms with Gasteiger partial charge in [0, 0.05) is 13.0 Å². The third-order valence-electron chi connectivity index (χ3n) is 2.15. The molecule has 1 N–H and O–H groups in total. The Kier molecular flexibility index (Phi) is 3.07. The van der Waals surface area contributed by atoms with Gasteiger partial charge < -0.3 is 9.84 Å². The van der Waals surface area contributed by atoms with E-state index in [-0.39, 0.29) is 12.5 Å². The van der Waals surface area contributed by atoms with E-state index < -0.39 is 5.60 Å². The fourth-order valence-corrected chi connectivity index (χ4v) is 1.54. The lowest BCUT2D eigenvalue weighted by Gasteiger charge is -2.23. The quantitative estimate of drug-likeness (QED) is 0.691. The highest BCUT2D eigenvalue weighted by Crippen LogP contribution is 2.24. The number of aliphatic hydroxyl groups is 1. The lowest BCUT2D eigenvalue weighted by atomic mass is 9.94. The Bertz CT molecular complexity index is 177. The molecule has 0 aliphatic carbocycles. The van der Waals surface area contributed by atoms with Crippen LogP contribution in [-0.2, 0) is 4.74 Å². The molecule has 3 heteroatoms. The standard InChI is InChI=1S/C9H15NO2/c1-9(11,4-5-10)7-8-3-2-6-12-8/h8,11H,2-4,6-7H2,1H3. The third-order valence-corrected chi connectivity index (χ3v) is 2.15. The maximum Gasteiger partial charge on any atom is 0.0773 e. The fourth-order valence-electron chi connectivity index (χ4n) is 1.54. The highest BCUT2D eigenvalue weighted by atomic mass is 16.5. The second-order valence-corrected chi connectivity index (χ2v) is 3.67. The molecule has 1 rings (SSSR count). The van der Waals surface area contributed by atoms with E-state index in [1.165, 1.54) is 0 Å². The number of hydrogen-bond donors (Lipinski definition) is 1. The Morgan fingerprint density at radius 1 is 1.75 bits per heavy atom. The molecule has 0 aromatic heterocycles. The minimum Gasteiger partial charge on any atom is -0.389 e. The lowest BCUT2D eigenvalue weighted by molar-refractivity contribution is -0.00350. The molecule has 1 aliphatic heterocycles. The summed E-state index contributed by atoms with van der Waals surface area (Å²) in [5.74, 6) is 0. The smallest absolute Gasteiger partial charge is 0.0773 e. The minimum absolute atomic E-state index is 0.161. The van der Waals surface area contributed by atoms with Crippen molar-refractivity contribution in [2.24, 2.45) is 0 Å². The van der Waals surface area contributed by atoms with Gasteiger partial charge in [-0.3, -0.25) is 0 Å². The normalized spacial score (nSPS) is 27.9. The molecular weight excluding hydrogens is 154 g/mol. The molecule has 0 spiro atoms. The van der Waals surface area contributed by atoms with E-state index >= 15 is 0 Å². The molecule has 2 unspecified atom stereocenters. The van der Waals surface area contributed by atoms with Crippen LogP contribution < -0.4 is 0 Å². The summed E-state index contributed by atoms with van der Waals surface area (Å²) in [6, 6.07) is 1.98. The van der Waals surface area contributed by atoms with Crippen molar-refractivity contribution in [1.29, 1.82) is 5.26 Å². The van der Waals surface area contributed by atoms with E-state index in [2.05, 4.69) is 0 Å². The summed E-state index contributed by atoms with van der Waals surface area (Å²) >= 11 is 0. The first-order valence-corrected chi connectivity index (χ1v) is 4.35. The minimum atomic E-state index is -0.871. The van der Waals surface area contributed by atoms with Crippen molar-refractivity contribution in [1.82, 2.24) is 0 Å². The van der Waals surface area contributed by atoms with Crippen LogP contribution in [0.3, 0.4) is 0 Å². The van der Waals surface area contributed by atoms with Gasteiger partial charge in [0.25, 0.3) is 0 Å². The van der Waals surface area contributed by atoms with Crippen LogP contribution in [0.15, 0.2) is 0 Å². The first-order valence-electron chi connectivity index (χ1n) is 4.35. The molecule has 0 amide bonds. The number of hydrogen-bond acceptors (Lipinski definition) is 3. The monoisotopic (exact) mass is 169 g/mol. The van der Waals surface area contributed by atoms with Crippen LogP contribution in [0.4, 0.5) is 0 Å². The van der Waals surface area contributed by atoms with Gasteiger partial charge in [-0.05, 0) is 19.8 Å². The van der Waals surface area contributed by atoms with Crippen molar-refractivity contribution in [3.05, 3.63) is 0 Å². The zero-order valence-electron chi connectivity index (χ0n) is 7.42. The van der Waals surface area contributed by atoms with Gasteiger partial charge in [-0.2, -0.15) is 5.26 Å². The van der Waals surface area contributed by atoms with E-state index in [4.69, 9.17) is 10.00 Å². The highest BCUT2D eigenvalue weighted by molar-refractivity contribution is 4.88. The summed E-state index contributed by atoms with van der Waals surface area (Å²) in [6.45, 7) is 2.49. The molecule has 1 aliphatic rings. The molecule has 0 aromatic carbocycles. The molecule has 3 nitrogen and oxygen atoms in total. The fraction of sp³-hybridized carbons (Fsp3) is 0.889. The second kappa shape index (κ2) is 3.88. The van der Waals surface area contributed by atoms with Crippen LogP contribution >= 0.6 is 0 Å². The van der Waals surface area contributed by atoms with E-state index in [0.717, 1.165) is 19.4 Å². The maximum atomic E-state index is 9.67. The average Bonchev–Trinajstić information content (AvgIpc) is 2.38. The van der Waals surface area contributed by atoms with Crippen molar-refractivity contribution >= 4 is 0 Å². The van der Waals surface area contributed by atoms with Crippen LogP contribution in [0.5, 0.6) is 0 Å². The van der Waals surface area contributed by atoms with Crippen molar-refractivity contribution < 1.29 is 9.84 Å². The summed E-state index contributed by atoms with van der Waals surface area (Å²) in [5.41, 5.74) is -0.871. The second-order valence-electron chi connectivity index (χ2n) is 3.67. The number of nitriles is 1. The molecule has 0 radical (unpaired) electrons. The Morgan fingerprint density at radius 3 is 3.00 bits per heavy atom. The SMILES string of the molecule is CC(O)(CC#N)CC1CCCO1. The van der Waals surface area contributed by atoms with E-state index in [1.54, 1.807) is 6.92 Å². The van der Waals surface area contributed by atoms with Crippen LogP contribution in [0, 0.1) is 11.3 Å². The van der Waals surface area contributed by atoms with Crippen LogP contribution in [0.25, 0.3) is 0 Å². The van der Waals surface area contributed by atoms with Gasteiger partial charge in [0.1, 0.15) is 0 Å². The summed E-state index contributed by atoms with van der Waals surface area (Å²) < 4.78 is 5.37. The van der Waals surface area contributed by atoms with Crippen molar-refractivity contribution in [2.45, 2.75) is 44.3 Å². The first kappa shape index (κ1) is 9.50. The predicted molar refractivity (Wildman–Crippen MR) is 44.4 cm³/mol. The van der Waals surface area contributed by atoms with Gasteiger partial charge in [-0.25, -0.2) is 0 Å². The van der Waals surface area contributed by atoms with E-state index in [1.807, 2.05) is 6.07 Å². The third kappa shape index (κ3) is 2.80. The summed E-state index contributed by atoms with van der Waals surface area (Å²) in [4.78, 5) is 0. The molecule has 1 heterocycles. The highest BCUT2D eigenvalue weighted by Gasteiger charge is 2.27. The van der Waals surface area contributed by atoms with Gasteiger partial charge in [0.15, 0.2) is 0 Å². The Balaban J connectivity index is 2.33. The summed E-state index contributed by atoms with van der Waals surface area (Å²) in [7, 11) is 0. The van der Waals surface area contributed by atoms with Gasteiger partial charge in [-0.15, -0.1) is 0 Å². The summed E-state index contributed by atoms with van der Waals surface area (Å²) in [5, 5.41) is 18.1. The van der Waals surface area contributed by atoms with E-state index in [0.29, 0.717) is 6.42 Å². The molecular formula is C9H15NO2. The molecule has 1 fully saturated rings. The topological polar surface area (TPSA) is 53.2 Å². The zero-order chi connectivity index (χ0) is 9.03. The van der Waals surface area contributed by atoms with Gasteiger partial charge in [-0.1, -0.05) is 0 Å². The molecule has 1 saturated heterocycles. The Morgan fingerprint density at radius 2 is 2.50 bits per heavy atom. The van der Waals surface area contributed by atoms with Gasteiger partial charge in [0.2, 0.25) is 0 Å².